The summed E-state index contributed by atoms with van der Waals surface area (Å²) in [6.07, 6.45) is 0.0297. The Morgan fingerprint density at radius 3 is 2.38 bits per heavy atom. The second kappa shape index (κ2) is 8.61. The van der Waals surface area contributed by atoms with E-state index >= 15 is 0 Å². The van der Waals surface area contributed by atoms with Crippen LogP contribution in [0.5, 0.6) is 5.75 Å². The summed E-state index contributed by atoms with van der Waals surface area (Å²) >= 11 is 0. The van der Waals surface area contributed by atoms with Gasteiger partial charge in [-0.1, -0.05) is 31.2 Å². The number of rotatable bonds is 6. The average Bonchev–Trinajstić information content (AvgIpc) is 2.66. The molecule has 2 aromatic carbocycles. The molecule has 2 aromatic rings. The van der Waals surface area contributed by atoms with E-state index in [0.29, 0.717) is 5.75 Å². The van der Waals surface area contributed by atoms with E-state index < -0.39 is 22.8 Å². The van der Waals surface area contributed by atoms with Gasteiger partial charge in [-0.15, -0.1) is 0 Å². The Bertz CT molecular complexity index is 805. The molecular weight excluding hydrogens is 338 g/mol. The summed E-state index contributed by atoms with van der Waals surface area (Å²) in [4.78, 5) is 34.4. The van der Waals surface area contributed by atoms with Crippen LogP contribution in [-0.2, 0) is 11.2 Å². The Morgan fingerprint density at radius 1 is 1.12 bits per heavy atom. The number of nitrogens with zero attached hydrogens (tertiary/aromatic N) is 1. The lowest BCUT2D eigenvalue weighted by molar-refractivity contribution is -0.385. The Balaban J connectivity index is 1.93. The van der Waals surface area contributed by atoms with E-state index in [2.05, 4.69) is 10.9 Å². The smallest absolute Gasteiger partial charge is 0.282 e. The SMILES string of the molecule is CCc1ccc(OC(C)C(=O)NNC(=O)c2ccccc2[N+](=O)[O-])cc1. The monoisotopic (exact) mass is 357 g/mol. The van der Waals surface area contributed by atoms with E-state index in [9.17, 15) is 19.7 Å². The number of carbonyl (C=O) groups excluding carboxylic acids is 2. The highest BCUT2D eigenvalue weighted by Crippen LogP contribution is 2.17. The van der Waals surface area contributed by atoms with Gasteiger partial charge in [-0.25, -0.2) is 0 Å². The van der Waals surface area contributed by atoms with Crippen molar-refractivity contribution < 1.29 is 19.2 Å². The summed E-state index contributed by atoms with van der Waals surface area (Å²) in [5, 5.41) is 10.9. The number of aryl methyl sites for hydroxylation is 1. The summed E-state index contributed by atoms with van der Waals surface area (Å²) < 4.78 is 5.50. The molecule has 8 nitrogen and oxygen atoms in total. The fraction of sp³-hybridized carbons (Fsp3) is 0.222. The predicted molar refractivity (Wildman–Crippen MR) is 94.6 cm³/mol. The van der Waals surface area contributed by atoms with Gasteiger partial charge in [0.1, 0.15) is 11.3 Å². The van der Waals surface area contributed by atoms with Crippen LogP contribution in [0.4, 0.5) is 5.69 Å². The van der Waals surface area contributed by atoms with Crippen LogP contribution >= 0.6 is 0 Å². The predicted octanol–water partition coefficient (Wildman–Crippen LogP) is 2.39. The minimum Gasteiger partial charge on any atom is -0.481 e. The Labute approximate surface area is 150 Å². The number of nitrogens with one attached hydrogen (secondary N) is 2. The molecule has 0 radical (unpaired) electrons. The number of carbonyl (C=O) groups is 2. The van der Waals surface area contributed by atoms with E-state index in [1.807, 2.05) is 19.1 Å². The number of hydrogen-bond acceptors (Lipinski definition) is 5. The molecule has 0 saturated heterocycles. The Hall–Kier alpha value is -3.42. The standard InChI is InChI=1S/C18H19N3O5/c1-3-13-8-10-14(11-9-13)26-12(2)17(22)19-20-18(23)15-6-4-5-7-16(15)21(24)25/h4-12H,3H2,1-2H3,(H,19,22)(H,20,23). The molecule has 2 amide bonds. The summed E-state index contributed by atoms with van der Waals surface area (Å²) in [6, 6.07) is 12.8. The maximum Gasteiger partial charge on any atom is 0.282 e. The van der Waals surface area contributed by atoms with Gasteiger partial charge in [0, 0.05) is 6.07 Å². The molecule has 2 rings (SSSR count). The number of nitro benzene ring substituents is 1. The number of ether oxygens (including phenoxy) is 1. The minimum absolute atomic E-state index is 0.151. The molecule has 0 aliphatic carbocycles. The molecule has 0 bridgehead atoms. The first-order valence-electron chi connectivity index (χ1n) is 8.01. The third kappa shape index (κ3) is 4.79. The lowest BCUT2D eigenvalue weighted by Gasteiger charge is -2.15. The van der Waals surface area contributed by atoms with Crippen molar-refractivity contribution in [2.75, 3.05) is 0 Å². The molecule has 0 saturated carbocycles. The van der Waals surface area contributed by atoms with Crippen LogP contribution < -0.4 is 15.6 Å². The first-order chi connectivity index (χ1) is 12.4. The molecule has 0 aliphatic heterocycles. The average molecular weight is 357 g/mol. The van der Waals surface area contributed by atoms with Crippen molar-refractivity contribution in [1.29, 1.82) is 0 Å². The minimum atomic E-state index is -0.867. The van der Waals surface area contributed by atoms with Crippen LogP contribution in [0.15, 0.2) is 48.5 Å². The number of hydrogen-bond donors (Lipinski definition) is 2. The van der Waals surface area contributed by atoms with Crippen LogP contribution in [0, 0.1) is 10.1 Å². The molecule has 0 aliphatic rings. The number of nitro groups is 1. The van der Waals surface area contributed by atoms with Gasteiger partial charge in [0.2, 0.25) is 0 Å². The van der Waals surface area contributed by atoms with Crippen LogP contribution in [0.2, 0.25) is 0 Å². The van der Waals surface area contributed by atoms with Crippen LogP contribution in [-0.4, -0.2) is 22.8 Å². The molecule has 1 atom stereocenters. The lowest BCUT2D eigenvalue weighted by Crippen LogP contribution is -2.47. The number of amides is 2. The molecule has 0 fully saturated rings. The van der Waals surface area contributed by atoms with E-state index in [-0.39, 0.29) is 11.3 Å². The maximum absolute atomic E-state index is 12.1. The third-order valence-corrected chi connectivity index (χ3v) is 3.66. The highest BCUT2D eigenvalue weighted by Gasteiger charge is 2.21. The molecule has 2 N–H and O–H groups in total. The molecule has 0 aromatic heterocycles. The van der Waals surface area contributed by atoms with Crippen molar-refractivity contribution in [2.24, 2.45) is 0 Å². The van der Waals surface area contributed by atoms with Crippen LogP contribution in [0.25, 0.3) is 0 Å². The van der Waals surface area contributed by atoms with Gasteiger partial charge in [0.25, 0.3) is 17.5 Å². The van der Waals surface area contributed by atoms with Crippen molar-refractivity contribution in [3.05, 3.63) is 69.8 Å². The number of para-hydroxylation sites is 1. The maximum atomic E-state index is 12.1. The molecule has 0 spiro atoms. The van der Waals surface area contributed by atoms with Crippen molar-refractivity contribution in [1.82, 2.24) is 10.9 Å². The van der Waals surface area contributed by atoms with E-state index in [0.717, 1.165) is 12.0 Å². The van der Waals surface area contributed by atoms with Gasteiger partial charge in [-0.2, -0.15) is 0 Å². The van der Waals surface area contributed by atoms with E-state index in [4.69, 9.17) is 4.74 Å². The second-order valence-electron chi connectivity index (χ2n) is 5.48. The molecule has 26 heavy (non-hydrogen) atoms. The van der Waals surface area contributed by atoms with Gasteiger partial charge in [0.05, 0.1) is 4.92 Å². The zero-order valence-electron chi connectivity index (χ0n) is 14.4. The fourth-order valence-electron chi connectivity index (χ4n) is 2.17. The first-order valence-corrected chi connectivity index (χ1v) is 8.01. The van der Waals surface area contributed by atoms with Crippen molar-refractivity contribution in [3.63, 3.8) is 0 Å². The Kier molecular flexibility index (Phi) is 6.26. The largest absolute Gasteiger partial charge is 0.481 e. The molecule has 1 unspecified atom stereocenters. The second-order valence-corrected chi connectivity index (χ2v) is 5.48. The van der Waals surface area contributed by atoms with Gasteiger partial charge in [-0.3, -0.25) is 30.6 Å². The van der Waals surface area contributed by atoms with Crippen LogP contribution in [0.1, 0.15) is 29.8 Å². The van der Waals surface area contributed by atoms with Gasteiger partial charge < -0.3 is 4.74 Å². The zero-order chi connectivity index (χ0) is 19.1. The summed E-state index contributed by atoms with van der Waals surface area (Å²) in [5.74, 6) is -0.850. The van der Waals surface area contributed by atoms with Gasteiger partial charge in [-0.05, 0) is 37.1 Å². The van der Waals surface area contributed by atoms with Crippen LogP contribution in [0.3, 0.4) is 0 Å². The molecule has 8 heteroatoms. The summed E-state index contributed by atoms with van der Waals surface area (Å²) in [7, 11) is 0. The van der Waals surface area contributed by atoms with E-state index in [1.165, 1.54) is 31.2 Å². The first kappa shape index (κ1) is 18.9. The highest BCUT2D eigenvalue weighted by atomic mass is 16.6. The topological polar surface area (TPSA) is 111 Å². The number of benzene rings is 2. The van der Waals surface area contributed by atoms with Crippen molar-refractivity contribution >= 4 is 17.5 Å². The number of hydrazine groups is 1. The normalized spacial score (nSPS) is 11.3. The highest BCUT2D eigenvalue weighted by molar-refractivity contribution is 5.99. The van der Waals surface area contributed by atoms with Gasteiger partial charge in [0.15, 0.2) is 6.10 Å². The fourth-order valence-corrected chi connectivity index (χ4v) is 2.17. The van der Waals surface area contributed by atoms with E-state index in [1.54, 1.807) is 12.1 Å². The van der Waals surface area contributed by atoms with Crippen molar-refractivity contribution in [2.45, 2.75) is 26.4 Å². The molecule has 136 valence electrons. The summed E-state index contributed by atoms with van der Waals surface area (Å²) in [5.41, 5.74) is 5.01. The molecular formula is C18H19N3O5. The van der Waals surface area contributed by atoms with Gasteiger partial charge >= 0.3 is 0 Å². The lowest BCUT2D eigenvalue weighted by atomic mass is 10.2. The molecule has 0 heterocycles. The Morgan fingerprint density at radius 2 is 1.77 bits per heavy atom. The third-order valence-electron chi connectivity index (χ3n) is 3.66. The van der Waals surface area contributed by atoms with Crippen molar-refractivity contribution in [3.8, 4) is 5.75 Å². The summed E-state index contributed by atoms with van der Waals surface area (Å²) in [6.45, 7) is 3.56. The zero-order valence-corrected chi connectivity index (χ0v) is 14.4. The quantitative estimate of drug-likeness (QED) is 0.609.